The number of nitrogens with one attached hydrogen (secondary N) is 3. The summed E-state index contributed by atoms with van der Waals surface area (Å²) in [4.78, 5) is 78.6. The Kier molecular flexibility index (Phi) is 23.9. The van der Waals surface area contributed by atoms with Gasteiger partial charge >= 0.3 is 18.3 Å². The Morgan fingerprint density at radius 1 is 0.418 bits per heavy atom. The highest BCUT2D eigenvalue weighted by Gasteiger charge is 2.33. The summed E-state index contributed by atoms with van der Waals surface area (Å²) in [5.41, 5.74) is 5.61. The molecule has 13 aromatic rings. The van der Waals surface area contributed by atoms with Gasteiger partial charge in [-0.1, -0.05) is 46.4 Å². The van der Waals surface area contributed by atoms with Crippen LogP contribution in [0.5, 0.6) is 34.9 Å². The smallest absolute Gasteiger partial charge is 0.417 e. The van der Waals surface area contributed by atoms with Gasteiger partial charge < -0.3 is 35.3 Å². The summed E-state index contributed by atoms with van der Waals surface area (Å²) in [5, 5.41) is 24.0. The summed E-state index contributed by atoms with van der Waals surface area (Å²) in [7, 11) is 0. The van der Waals surface area contributed by atoms with E-state index < -0.39 is 34.5 Å². The van der Waals surface area contributed by atoms with Crippen LogP contribution in [-0.4, -0.2) is 127 Å². The first-order chi connectivity index (χ1) is 47.1. The second kappa shape index (κ2) is 33.6. The van der Waals surface area contributed by atoms with Gasteiger partial charge in [0.2, 0.25) is 17.6 Å². The van der Waals surface area contributed by atoms with E-state index in [9.17, 15) is 22.8 Å². The summed E-state index contributed by atoms with van der Waals surface area (Å²) < 4.78 is 67.0. The number of halogens is 7. The average molecular weight is 1420 g/mol. The molecule has 3 amide bonds. The zero-order valence-corrected chi connectivity index (χ0v) is 53.6. The van der Waals surface area contributed by atoms with Crippen molar-refractivity contribution in [2.75, 3.05) is 21.7 Å². The van der Waals surface area contributed by atoms with Crippen molar-refractivity contribution in [1.82, 2.24) is 109 Å². The van der Waals surface area contributed by atoms with E-state index >= 15 is 0 Å². The van der Waals surface area contributed by atoms with E-state index in [0.29, 0.717) is 84.8 Å². The van der Waals surface area contributed by atoms with E-state index in [1.165, 1.54) is 100 Å². The number of nitrogens with two attached hydrogens (primary N) is 1. The number of ether oxygens (including phenoxy) is 4. The second-order valence-corrected chi connectivity index (χ2v) is 21.3. The molecule has 0 bridgehead atoms. The van der Waals surface area contributed by atoms with Gasteiger partial charge in [0.1, 0.15) is 121 Å². The van der Waals surface area contributed by atoms with Crippen LogP contribution in [0, 0.1) is 0 Å². The lowest BCUT2D eigenvalue weighted by molar-refractivity contribution is -0.137. The molecule has 0 aliphatic carbocycles. The van der Waals surface area contributed by atoms with E-state index in [0.717, 1.165) is 12.1 Å². The molecule has 0 spiro atoms. The second-order valence-electron chi connectivity index (χ2n) is 19.7. The van der Waals surface area contributed by atoms with Gasteiger partial charge in [-0.3, -0.25) is 5.32 Å². The molecule has 0 fully saturated rings. The van der Waals surface area contributed by atoms with Crippen LogP contribution in [0.4, 0.5) is 45.5 Å². The number of carbonyl (C=O) groups is 2. The molecule has 0 aliphatic rings. The van der Waals surface area contributed by atoms with E-state index in [1.54, 1.807) is 130 Å². The molecule has 0 unspecified atom stereocenters. The molecular formula is C59H47Cl4F3N26O6. The first kappa shape index (κ1) is 69.9. The van der Waals surface area contributed by atoms with Crippen LogP contribution in [0.2, 0.25) is 20.5 Å². The van der Waals surface area contributed by atoms with Crippen LogP contribution in [0.15, 0.2) is 204 Å². The molecule has 0 aliphatic heterocycles. The number of anilines is 4. The topological polar surface area (TPSA) is 385 Å². The molecule has 9 aromatic heterocycles. The van der Waals surface area contributed by atoms with Crippen LogP contribution >= 0.6 is 46.4 Å². The van der Waals surface area contributed by atoms with E-state index in [2.05, 4.69) is 106 Å². The minimum absolute atomic E-state index is 0.0591. The fourth-order valence-corrected chi connectivity index (χ4v) is 7.96. The minimum Gasteiger partial charge on any atom is -0.444 e. The number of urea groups is 1. The lowest BCUT2D eigenvalue weighted by Crippen LogP contribution is -2.27. The third-order valence-electron chi connectivity index (χ3n) is 11.4. The van der Waals surface area contributed by atoms with Gasteiger partial charge in [-0.05, 0) is 112 Å². The molecule has 5 N–H and O–H groups in total. The summed E-state index contributed by atoms with van der Waals surface area (Å²) >= 11 is 22.0. The monoisotopic (exact) mass is 1410 g/mol. The number of carbonyl (C=O) groups excluding carboxylic acids is 2. The van der Waals surface area contributed by atoms with Crippen LogP contribution in [-0.2, 0) is 10.9 Å². The number of nitrogens with zero attached hydrogens (tertiary/aromatic N) is 22. The standard InChI is InChI=1S/C20H13ClF3N7O2.C17H18N6O3.C12H10N6O.C6H4ClN5.C4H2Cl2N2/c21-16-6-3-13(7-15(16)20(22,23)24)30-19(32)29-12-1-4-14(5-2-12)33-18-8-17(26-10-27-18)31-11-25-9-28-31;1-17(2,3)26-16(24)22-12-4-6-13(7-5-12)25-15-8-14(19-10-20-15)23-11-18-9-21-23;13-9-1-3-10(4-2-9)19-12-5-11(15-7-16-12)18-8-14-6-17-18;7-5-1-6(10-3-9-5)12-4-8-2-11-12;5-3-1-4(6)8-2-7-3/h1-11H,(H2,29,30,32);4-11H,1-3H3,(H,22,24);1-8H,13H2;1-4H;1-2H. The predicted molar refractivity (Wildman–Crippen MR) is 348 cm³/mol. The predicted octanol–water partition coefficient (Wildman–Crippen LogP) is 12.3. The third kappa shape index (κ3) is 22.4. The Morgan fingerprint density at radius 3 is 1.12 bits per heavy atom. The third-order valence-corrected chi connectivity index (χ3v) is 12.4. The zero-order valence-electron chi connectivity index (χ0n) is 50.6. The molecule has 4 aromatic carbocycles. The first-order valence-corrected chi connectivity index (χ1v) is 29.1. The fraction of sp³-hybridized carbons (Fsp3) is 0.0847. The molecule has 9 heterocycles. The molecule has 498 valence electrons. The van der Waals surface area contributed by atoms with Gasteiger partial charge in [0, 0.05) is 53.1 Å². The van der Waals surface area contributed by atoms with Crippen molar-refractivity contribution in [2.24, 2.45) is 0 Å². The molecule has 0 saturated carbocycles. The number of benzene rings is 4. The first-order valence-electron chi connectivity index (χ1n) is 27.6. The molecule has 32 nitrogen and oxygen atoms in total. The van der Waals surface area contributed by atoms with Gasteiger partial charge in [0.05, 0.1) is 10.6 Å². The molecular weight excluding hydrogens is 1370 g/mol. The average Bonchev–Trinajstić information content (AvgIpc) is 1.15. The molecule has 98 heavy (non-hydrogen) atoms. The van der Waals surface area contributed by atoms with Crippen molar-refractivity contribution < 1.29 is 41.7 Å². The molecule has 39 heteroatoms. The Morgan fingerprint density at radius 2 is 0.765 bits per heavy atom. The number of rotatable bonds is 13. The number of amides is 3. The van der Waals surface area contributed by atoms with Crippen molar-refractivity contribution in [2.45, 2.75) is 32.5 Å². The number of alkyl halides is 3. The molecule has 0 atom stereocenters. The molecule has 0 radical (unpaired) electrons. The van der Waals surface area contributed by atoms with Gasteiger partial charge in [-0.15, -0.1) is 0 Å². The number of hydrogen-bond donors (Lipinski definition) is 4. The van der Waals surface area contributed by atoms with Crippen molar-refractivity contribution in [3.63, 3.8) is 0 Å². The maximum atomic E-state index is 13.0. The number of nitrogen functional groups attached to an aromatic ring is 1. The summed E-state index contributed by atoms with van der Waals surface area (Å²) in [6.45, 7) is 5.41. The minimum atomic E-state index is -4.64. The highest BCUT2D eigenvalue weighted by atomic mass is 35.5. The lowest BCUT2D eigenvalue weighted by atomic mass is 10.2. The van der Waals surface area contributed by atoms with Crippen molar-refractivity contribution in [3.05, 3.63) is 230 Å². The van der Waals surface area contributed by atoms with E-state index in [-0.39, 0.29) is 11.6 Å². The van der Waals surface area contributed by atoms with Crippen LogP contribution in [0.25, 0.3) is 23.3 Å². The quantitative estimate of drug-likeness (QED) is 0.0615. The summed E-state index contributed by atoms with van der Waals surface area (Å²) in [6.07, 6.45) is 13.4. The van der Waals surface area contributed by atoms with Crippen molar-refractivity contribution in [3.8, 4) is 58.2 Å². The maximum absolute atomic E-state index is 13.0. The Labute approximate surface area is 571 Å². The van der Waals surface area contributed by atoms with Crippen LogP contribution < -0.4 is 35.9 Å². The lowest BCUT2D eigenvalue weighted by Gasteiger charge is -2.19. The van der Waals surface area contributed by atoms with Crippen molar-refractivity contribution in [1.29, 1.82) is 0 Å². The van der Waals surface area contributed by atoms with Gasteiger partial charge in [-0.2, -0.15) is 33.6 Å². The normalized spacial score (nSPS) is 10.7. The van der Waals surface area contributed by atoms with Crippen molar-refractivity contribution >= 4 is 81.3 Å². The molecule has 0 saturated heterocycles. The van der Waals surface area contributed by atoms with E-state index in [1.807, 2.05) is 0 Å². The highest BCUT2D eigenvalue weighted by Crippen LogP contribution is 2.36. The maximum Gasteiger partial charge on any atom is 0.417 e. The SMILES string of the molecule is CC(C)(C)OC(=O)Nc1ccc(Oc2cc(-n3cncn3)ncn2)cc1.Clc1cc(-n2cncn2)ncn1.Clc1cc(Cl)ncn1.Nc1ccc(Oc2cc(-n3cncn3)ncn2)cc1.O=C(Nc1ccc(Oc2cc(-n3cncn3)ncn2)cc1)Nc1ccc(Cl)c(C(F)(F)F)c1. The summed E-state index contributed by atoms with van der Waals surface area (Å²) in [6, 6.07) is 30.5. The summed E-state index contributed by atoms with van der Waals surface area (Å²) in [5.74, 6) is 4.86. The fourth-order valence-electron chi connectivity index (χ4n) is 7.25. The zero-order chi connectivity index (χ0) is 69.4. The van der Waals surface area contributed by atoms with Gasteiger partial charge in [0.25, 0.3) is 0 Å². The number of hydrogen-bond acceptors (Lipinski definition) is 25. The Bertz CT molecular complexity index is 4630. The van der Waals surface area contributed by atoms with Gasteiger partial charge in [0.15, 0.2) is 23.3 Å². The highest BCUT2D eigenvalue weighted by molar-refractivity contribution is 6.33. The Hall–Kier alpha value is -12.5. The van der Waals surface area contributed by atoms with Gasteiger partial charge in [-0.25, -0.2) is 98.1 Å². The Balaban J connectivity index is 0.000000154. The van der Waals surface area contributed by atoms with Crippen LogP contribution in [0.1, 0.15) is 26.3 Å². The van der Waals surface area contributed by atoms with Crippen LogP contribution in [0.3, 0.4) is 0 Å². The largest absolute Gasteiger partial charge is 0.444 e. The van der Waals surface area contributed by atoms with E-state index in [4.69, 9.17) is 71.1 Å². The molecule has 13 rings (SSSR count). The number of aromatic nitrogens is 22.